The fraction of sp³-hybridized carbons (Fsp3) is 0.538. The Hall–Kier alpha value is -1.29. The lowest BCUT2D eigenvalue weighted by Gasteiger charge is -2.23. The molecule has 0 fully saturated rings. The highest BCUT2D eigenvalue weighted by atomic mass is 35.5. The molecule has 0 aromatic heterocycles. The summed E-state index contributed by atoms with van der Waals surface area (Å²) >= 11 is 6.18. The highest BCUT2D eigenvalue weighted by Crippen LogP contribution is 2.38. The van der Waals surface area contributed by atoms with Gasteiger partial charge in [0.25, 0.3) is 5.69 Å². The maximum Gasteiger partial charge on any atom is 0.273 e. The highest BCUT2D eigenvalue weighted by Gasteiger charge is 2.28. The van der Waals surface area contributed by atoms with E-state index in [0.717, 1.165) is 0 Å². The smallest absolute Gasteiger partial charge is 0.273 e. The number of ether oxygens (including phenoxy) is 1. The van der Waals surface area contributed by atoms with Crippen LogP contribution in [0.1, 0.15) is 32.3 Å². The van der Waals surface area contributed by atoms with E-state index in [1.807, 2.05) is 20.8 Å². The Bertz CT molecular complexity index is 424. The zero-order valence-electron chi connectivity index (χ0n) is 11.0. The van der Waals surface area contributed by atoms with Crippen molar-refractivity contribution in [1.29, 1.82) is 0 Å². The predicted octanol–water partition coefficient (Wildman–Crippen LogP) is 3.97. The molecule has 1 aromatic carbocycles. The van der Waals surface area contributed by atoms with Crippen LogP contribution in [0.25, 0.3) is 0 Å². The molecule has 0 heterocycles. The van der Waals surface area contributed by atoms with Crippen molar-refractivity contribution in [1.82, 2.24) is 0 Å². The molecule has 0 aliphatic carbocycles. The van der Waals surface area contributed by atoms with Gasteiger partial charge in [0.2, 0.25) is 0 Å². The SMILES string of the molecule is COc1ccc([N+](=O)[O-])c(C(C(C)C)C(C)Cl)c1. The summed E-state index contributed by atoms with van der Waals surface area (Å²) in [5, 5.41) is 10.9. The zero-order chi connectivity index (χ0) is 13.9. The van der Waals surface area contributed by atoms with Crippen LogP contribution in [-0.4, -0.2) is 17.4 Å². The zero-order valence-corrected chi connectivity index (χ0v) is 11.8. The molecule has 5 heteroatoms. The number of nitro groups is 1. The van der Waals surface area contributed by atoms with Gasteiger partial charge in [-0.25, -0.2) is 0 Å². The molecule has 0 N–H and O–H groups in total. The second-order valence-corrected chi connectivity index (χ2v) is 5.32. The molecule has 1 rings (SSSR count). The molecule has 18 heavy (non-hydrogen) atoms. The minimum atomic E-state index is -0.372. The topological polar surface area (TPSA) is 52.4 Å². The van der Waals surface area contributed by atoms with Crippen molar-refractivity contribution in [2.24, 2.45) is 5.92 Å². The number of benzene rings is 1. The Balaban J connectivity index is 3.37. The maximum atomic E-state index is 11.1. The van der Waals surface area contributed by atoms with Gasteiger partial charge < -0.3 is 4.74 Å². The van der Waals surface area contributed by atoms with Gasteiger partial charge in [0.15, 0.2) is 0 Å². The van der Waals surface area contributed by atoms with Crippen LogP contribution in [0.4, 0.5) is 5.69 Å². The predicted molar refractivity (Wildman–Crippen MR) is 72.5 cm³/mol. The molecular weight excluding hydrogens is 254 g/mol. The summed E-state index contributed by atoms with van der Waals surface area (Å²) < 4.78 is 5.13. The minimum Gasteiger partial charge on any atom is -0.497 e. The molecule has 0 aliphatic rings. The van der Waals surface area contributed by atoms with E-state index in [-0.39, 0.29) is 27.8 Å². The van der Waals surface area contributed by atoms with Crippen LogP contribution in [0.15, 0.2) is 18.2 Å². The lowest BCUT2D eigenvalue weighted by atomic mass is 9.85. The molecule has 0 saturated heterocycles. The minimum absolute atomic E-state index is 0.0813. The Morgan fingerprint density at radius 1 is 1.33 bits per heavy atom. The van der Waals surface area contributed by atoms with Crippen molar-refractivity contribution in [2.45, 2.75) is 32.1 Å². The molecule has 0 aliphatic heterocycles. The first kappa shape index (κ1) is 14.8. The maximum absolute atomic E-state index is 11.1. The largest absolute Gasteiger partial charge is 0.497 e. The van der Waals surface area contributed by atoms with Crippen molar-refractivity contribution >= 4 is 17.3 Å². The van der Waals surface area contributed by atoms with Crippen molar-refractivity contribution in [2.75, 3.05) is 7.11 Å². The number of nitrogens with zero attached hydrogens (tertiary/aromatic N) is 1. The van der Waals surface area contributed by atoms with Gasteiger partial charge in [0.1, 0.15) is 5.75 Å². The van der Waals surface area contributed by atoms with Crippen LogP contribution >= 0.6 is 11.6 Å². The summed E-state index contributed by atoms with van der Waals surface area (Å²) in [5.74, 6) is 0.740. The monoisotopic (exact) mass is 271 g/mol. The number of halogens is 1. The van der Waals surface area contributed by atoms with Gasteiger partial charge >= 0.3 is 0 Å². The number of nitro benzene ring substituents is 1. The molecule has 4 nitrogen and oxygen atoms in total. The Morgan fingerprint density at radius 3 is 2.33 bits per heavy atom. The number of alkyl halides is 1. The van der Waals surface area contributed by atoms with E-state index in [1.54, 1.807) is 19.2 Å². The fourth-order valence-corrected chi connectivity index (χ4v) is 2.66. The standard InChI is InChI=1S/C13H18ClNO3/c1-8(2)13(9(3)14)11-7-10(18-4)5-6-12(11)15(16)17/h5-9,13H,1-4H3. The van der Waals surface area contributed by atoms with Crippen LogP contribution in [0, 0.1) is 16.0 Å². The van der Waals surface area contributed by atoms with Crippen molar-refractivity contribution in [3.63, 3.8) is 0 Å². The van der Waals surface area contributed by atoms with Crippen LogP contribution in [0.2, 0.25) is 0 Å². The van der Waals surface area contributed by atoms with E-state index in [0.29, 0.717) is 11.3 Å². The van der Waals surface area contributed by atoms with E-state index in [1.165, 1.54) is 6.07 Å². The van der Waals surface area contributed by atoms with E-state index in [4.69, 9.17) is 16.3 Å². The van der Waals surface area contributed by atoms with Gasteiger partial charge in [-0.1, -0.05) is 13.8 Å². The molecule has 2 unspecified atom stereocenters. The average Bonchev–Trinajstić information content (AvgIpc) is 2.27. The van der Waals surface area contributed by atoms with E-state index in [2.05, 4.69) is 0 Å². The van der Waals surface area contributed by atoms with Gasteiger partial charge in [-0.2, -0.15) is 0 Å². The Kier molecular flexibility index (Phi) is 4.96. The molecule has 0 saturated carbocycles. The third-order valence-corrected chi connectivity index (χ3v) is 3.28. The molecule has 0 spiro atoms. The van der Waals surface area contributed by atoms with Gasteiger partial charge in [-0.3, -0.25) is 10.1 Å². The highest BCUT2D eigenvalue weighted by molar-refractivity contribution is 6.21. The Morgan fingerprint density at radius 2 is 1.94 bits per heavy atom. The molecule has 0 bridgehead atoms. The number of rotatable bonds is 5. The second-order valence-electron chi connectivity index (χ2n) is 4.63. The third kappa shape index (κ3) is 3.13. The summed E-state index contributed by atoms with van der Waals surface area (Å²) in [7, 11) is 1.54. The molecular formula is C13H18ClNO3. The number of hydrogen-bond donors (Lipinski definition) is 0. The summed E-state index contributed by atoms with van der Waals surface area (Å²) in [6.07, 6.45) is 0. The molecule has 1 aromatic rings. The fourth-order valence-electron chi connectivity index (χ4n) is 2.23. The number of methoxy groups -OCH3 is 1. The van der Waals surface area contributed by atoms with Crippen LogP contribution in [0.3, 0.4) is 0 Å². The normalized spacial score (nSPS) is 14.3. The van der Waals surface area contributed by atoms with Crippen molar-refractivity contribution in [3.8, 4) is 5.75 Å². The summed E-state index contributed by atoms with van der Waals surface area (Å²) in [5.41, 5.74) is 0.735. The first-order valence-corrected chi connectivity index (χ1v) is 6.28. The van der Waals surface area contributed by atoms with Gasteiger partial charge in [0, 0.05) is 22.9 Å². The van der Waals surface area contributed by atoms with Crippen LogP contribution in [-0.2, 0) is 0 Å². The quantitative estimate of drug-likeness (QED) is 0.462. The van der Waals surface area contributed by atoms with Crippen molar-refractivity contribution < 1.29 is 9.66 Å². The summed E-state index contributed by atoms with van der Waals surface area (Å²) in [6, 6.07) is 4.78. The molecule has 0 amide bonds. The van der Waals surface area contributed by atoms with E-state index >= 15 is 0 Å². The lowest BCUT2D eigenvalue weighted by molar-refractivity contribution is -0.385. The van der Waals surface area contributed by atoms with Crippen LogP contribution < -0.4 is 4.74 Å². The first-order chi connectivity index (χ1) is 8.38. The molecule has 2 atom stereocenters. The van der Waals surface area contributed by atoms with E-state index in [9.17, 15) is 10.1 Å². The van der Waals surface area contributed by atoms with Gasteiger partial charge in [-0.15, -0.1) is 11.6 Å². The Labute approximate surface area is 112 Å². The van der Waals surface area contributed by atoms with Crippen molar-refractivity contribution in [3.05, 3.63) is 33.9 Å². The summed E-state index contributed by atoms with van der Waals surface area (Å²) in [6.45, 7) is 5.87. The lowest BCUT2D eigenvalue weighted by Crippen LogP contribution is -2.17. The summed E-state index contributed by atoms with van der Waals surface area (Å²) in [4.78, 5) is 10.7. The number of hydrogen-bond acceptors (Lipinski definition) is 3. The average molecular weight is 272 g/mol. The molecule has 0 radical (unpaired) electrons. The van der Waals surface area contributed by atoms with Gasteiger partial charge in [0.05, 0.1) is 12.0 Å². The van der Waals surface area contributed by atoms with Gasteiger partial charge in [-0.05, 0) is 25.0 Å². The first-order valence-electron chi connectivity index (χ1n) is 5.84. The second kappa shape index (κ2) is 6.05. The molecule has 100 valence electrons. The van der Waals surface area contributed by atoms with E-state index < -0.39 is 0 Å². The third-order valence-electron chi connectivity index (χ3n) is 3.00. The van der Waals surface area contributed by atoms with Crippen LogP contribution in [0.5, 0.6) is 5.75 Å².